The molecular weight excluding hydrogens is 496 g/mol. The van der Waals surface area contributed by atoms with Crippen LogP contribution in [0.15, 0.2) is 102 Å². The third-order valence-electron chi connectivity index (χ3n) is 5.75. The van der Waals surface area contributed by atoms with E-state index in [2.05, 4.69) is 10.5 Å². The average molecular weight is 525 g/mol. The van der Waals surface area contributed by atoms with Crippen molar-refractivity contribution < 1.29 is 28.5 Å². The molecule has 0 saturated heterocycles. The van der Waals surface area contributed by atoms with E-state index in [9.17, 15) is 9.59 Å². The quantitative estimate of drug-likeness (QED) is 0.127. The van der Waals surface area contributed by atoms with Crippen LogP contribution in [0.1, 0.15) is 22.8 Å². The first-order chi connectivity index (χ1) is 19.0. The summed E-state index contributed by atoms with van der Waals surface area (Å²) in [6, 6.07) is 29.0. The Morgan fingerprint density at radius 2 is 1.44 bits per heavy atom. The van der Waals surface area contributed by atoms with E-state index in [1.807, 2.05) is 54.6 Å². The van der Waals surface area contributed by atoms with E-state index in [1.54, 1.807) is 56.5 Å². The Labute approximate surface area is 226 Å². The number of carbonyl (C=O) groups is 2. The molecule has 1 N–H and O–H groups in total. The lowest BCUT2D eigenvalue weighted by molar-refractivity contribution is -0.127. The first-order valence-electron chi connectivity index (χ1n) is 12.2. The molecule has 0 saturated carbocycles. The molecule has 0 aliphatic rings. The van der Waals surface area contributed by atoms with Gasteiger partial charge in [0.25, 0.3) is 5.91 Å². The maximum Gasteiger partial charge on any atom is 0.343 e. The Hall–Kier alpha value is -5.11. The fourth-order valence-corrected chi connectivity index (χ4v) is 3.61. The van der Waals surface area contributed by atoms with Gasteiger partial charge in [-0.05, 0) is 78.2 Å². The number of hydrogen-bond acceptors (Lipinski definition) is 7. The molecule has 39 heavy (non-hydrogen) atoms. The molecule has 0 fully saturated rings. The number of methoxy groups -OCH3 is 2. The third kappa shape index (κ3) is 7.23. The molecule has 0 heterocycles. The molecule has 0 bridgehead atoms. The lowest BCUT2D eigenvalue weighted by atomic mass is 10.1. The van der Waals surface area contributed by atoms with Gasteiger partial charge in [0, 0.05) is 0 Å². The van der Waals surface area contributed by atoms with E-state index in [1.165, 1.54) is 13.3 Å². The molecular formula is C31H28N2O6. The molecule has 1 atom stereocenters. The first kappa shape index (κ1) is 26.9. The van der Waals surface area contributed by atoms with E-state index < -0.39 is 18.0 Å². The molecule has 198 valence electrons. The standard InChI is InChI=1S/C31H28N2O6/c1-21(38-27-16-10-24(11-17-27)23-7-5-4-6-8-23)30(34)33-32-20-22-9-18-28(29(19-22)37-3)39-31(35)25-12-14-26(36-2)15-13-25/h4-21H,1-3H3,(H,33,34)/b32-20+. The van der Waals surface area contributed by atoms with Crippen molar-refractivity contribution in [2.24, 2.45) is 5.10 Å². The fraction of sp³-hybridized carbons (Fsp3) is 0.129. The number of rotatable bonds is 10. The van der Waals surface area contributed by atoms with Gasteiger partial charge in [0.15, 0.2) is 17.6 Å². The predicted octanol–water partition coefficient (Wildman–Crippen LogP) is 5.51. The van der Waals surface area contributed by atoms with Crippen LogP contribution >= 0.6 is 0 Å². The van der Waals surface area contributed by atoms with E-state index in [0.29, 0.717) is 28.4 Å². The minimum absolute atomic E-state index is 0.250. The number of benzene rings is 4. The van der Waals surface area contributed by atoms with Crippen molar-refractivity contribution in [2.45, 2.75) is 13.0 Å². The highest BCUT2D eigenvalue weighted by atomic mass is 16.6. The average Bonchev–Trinajstić information content (AvgIpc) is 2.98. The molecule has 0 spiro atoms. The van der Waals surface area contributed by atoms with Crippen LogP contribution in [-0.2, 0) is 4.79 Å². The highest BCUT2D eigenvalue weighted by molar-refractivity contribution is 5.92. The largest absolute Gasteiger partial charge is 0.497 e. The maximum atomic E-state index is 12.5. The third-order valence-corrected chi connectivity index (χ3v) is 5.75. The van der Waals surface area contributed by atoms with Gasteiger partial charge in [-0.15, -0.1) is 0 Å². The van der Waals surface area contributed by atoms with Crippen LogP contribution in [0.4, 0.5) is 0 Å². The van der Waals surface area contributed by atoms with E-state index in [-0.39, 0.29) is 5.75 Å². The van der Waals surface area contributed by atoms with E-state index >= 15 is 0 Å². The first-order valence-corrected chi connectivity index (χ1v) is 12.2. The Bertz CT molecular complexity index is 1430. The van der Waals surface area contributed by atoms with Crippen LogP contribution in [0.2, 0.25) is 0 Å². The minimum Gasteiger partial charge on any atom is -0.497 e. The zero-order chi connectivity index (χ0) is 27.6. The maximum absolute atomic E-state index is 12.5. The number of ether oxygens (including phenoxy) is 4. The number of amides is 1. The van der Waals surface area contributed by atoms with Crippen molar-refractivity contribution in [2.75, 3.05) is 14.2 Å². The molecule has 0 aromatic heterocycles. The van der Waals surface area contributed by atoms with Gasteiger partial charge in [-0.3, -0.25) is 4.79 Å². The van der Waals surface area contributed by atoms with Crippen LogP contribution in [0.25, 0.3) is 11.1 Å². The van der Waals surface area contributed by atoms with Gasteiger partial charge >= 0.3 is 5.97 Å². The zero-order valence-electron chi connectivity index (χ0n) is 21.8. The summed E-state index contributed by atoms with van der Waals surface area (Å²) in [5.41, 5.74) is 5.63. The minimum atomic E-state index is -0.765. The monoisotopic (exact) mass is 524 g/mol. The highest BCUT2D eigenvalue weighted by Gasteiger charge is 2.15. The number of esters is 1. The summed E-state index contributed by atoms with van der Waals surface area (Å²) in [7, 11) is 3.02. The number of nitrogens with one attached hydrogen (secondary N) is 1. The second-order valence-electron chi connectivity index (χ2n) is 8.41. The van der Waals surface area contributed by atoms with Crippen molar-refractivity contribution in [1.29, 1.82) is 0 Å². The van der Waals surface area contributed by atoms with Crippen LogP contribution in [0.3, 0.4) is 0 Å². The van der Waals surface area contributed by atoms with Crippen molar-refractivity contribution in [3.05, 3.63) is 108 Å². The molecule has 0 aliphatic carbocycles. The summed E-state index contributed by atoms with van der Waals surface area (Å²) in [4.78, 5) is 24.9. The fourth-order valence-electron chi connectivity index (χ4n) is 3.61. The predicted molar refractivity (Wildman–Crippen MR) is 149 cm³/mol. The number of hydrogen-bond donors (Lipinski definition) is 1. The van der Waals surface area contributed by atoms with Gasteiger partial charge in [0.05, 0.1) is 26.0 Å². The topological polar surface area (TPSA) is 95.5 Å². The van der Waals surface area contributed by atoms with Gasteiger partial charge in [0.1, 0.15) is 11.5 Å². The molecule has 8 nitrogen and oxygen atoms in total. The Kier molecular flexibility index (Phi) is 8.92. The molecule has 4 aromatic rings. The molecule has 4 aromatic carbocycles. The second kappa shape index (κ2) is 12.9. The van der Waals surface area contributed by atoms with Crippen molar-refractivity contribution in [3.63, 3.8) is 0 Å². The molecule has 0 radical (unpaired) electrons. The number of carbonyl (C=O) groups excluding carboxylic acids is 2. The zero-order valence-corrected chi connectivity index (χ0v) is 21.8. The lowest BCUT2D eigenvalue weighted by Gasteiger charge is -2.13. The molecule has 1 unspecified atom stereocenters. The van der Waals surface area contributed by atoms with E-state index in [0.717, 1.165) is 11.1 Å². The van der Waals surface area contributed by atoms with Gasteiger partial charge in [-0.25, -0.2) is 10.2 Å². The second-order valence-corrected chi connectivity index (χ2v) is 8.41. The van der Waals surface area contributed by atoms with Crippen molar-refractivity contribution in [1.82, 2.24) is 5.43 Å². The summed E-state index contributed by atoms with van der Waals surface area (Å²) in [6.45, 7) is 1.64. The highest BCUT2D eigenvalue weighted by Crippen LogP contribution is 2.28. The van der Waals surface area contributed by atoms with Crippen LogP contribution in [-0.4, -0.2) is 38.4 Å². The summed E-state index contributed by atoms with van der Waals surface area (Å²) >= 11 is 0. The van der Waals surface area contributed by atoms with Crippen molar-refractivity contribution in [3.8, 4) is 34.1 Å². The summed E-state index contributed by atoms with van der Waals surface area (Å²) < 4.78 is 21.7. The number of hydrazone groups is 1. The smallest absolute Gasteiger partial charge is 0.343 e. The summed E-state index contributed by atoms with van der Waals surface area (Å²) in [6.07, 6.45) is 0.690. The van der Waals surface area contributed by atoms with Gasteiger partial charge < -0.3 is 18.9 Å². The normalized spacial score (nSPS) is 11.5. The van der Waals surface area contributed by atoms with Gasteiger partial charge in [-0.1, -0.05) is 42.5 Å². The van der Waals surface area contributed by atoms with Gasteiger partial charge in [-0.2, -0.15) is 5.10 Å². The Balaban J connectivity index is 1.31. The van der Waals surface area contributed by atoms with Crippen molar-refractivity contribution >= 4 is 18.1 Å². The number of nitrogens with zero attached hydrogens (tertiary/aromatic N) is 1. The molecule has 1 amide bonds. The molecule has 0 aliphatic heterocycles. The Morgan fingerprint density at radius 3 is 2.10 bits per heavy atom. The van der Waals surface area contributed by atoms with Crippen LogP contribution in [0.5, 0.6) is 23.0 Å². The van der Waals surface area contributed by atoms with E-state index in [4.69, 9.17) is 18.9 Å². The lowest BCUT2D eigenvalue weighted by Crippen LogP contribution is -2.33. The summed E-state index contributed by atoms with van der Waals surface area (Å²) in [5.74, 6) is 0.857. The van der Waals surface area contributed by atoms with Crippen LogP contribution in [0, 0.1) is 0 Å². The Morgan fingerprint density at radius 1 is 0.769 bits per heavy atom. The SMILES string of the molecule is COc1ccc(C(=O)Oc2ccc(/C=N/NC(=O)C(C)Oc3ccc(-c4ccccc4)cc3)cc2OC)cc1. The summed E-state index contributed by atoms with van der Waals surface area (Å²) in [5, 5.41) is 4.01. The van der Waals surface area contributed by atoms with Gasteiger partial charge in [0.2, 0.25) is 0 Å². The molecule has 4 rings (SSSR count). The molecule has 8 heteroatoms. The van der Waals surface area contributed by atoms with Crippen LogP contribution < -0.4 is 24.4 Å².